The van der Waals surface area contributed by atoms with Gasteiger partial charge in [-0.3, -0.25) is 0 Å². The third kappa shape index (κ3) is 3.99. The number of hydrogen-bond acceptors (Lipinski definition) is 4. The molecular weight excluding hydrogens is 286 g/mol. The van der Waals surface area contributed by atoms with Crippen LogP contribution in [0.2, 0.25) is 18.1 Å². The van der Waals surface area contributed by atoms with Crippen molar-refractivity contribution in [2.75, 3.05) is 0 Å². The van der Waals surface area contributed by atoms with Gasteiger partial charge in [-0.25, -0.2) is 0 Å². The molecule has 1 N–H and O–H groups in total. The molecule has 5 atom stereocenters. The monoisotopic (exact) mass is 315 g/mol. The smallest absolute Gasteiger partial charge is 0.195 e. The first kappa shape index (κ1) is 18.5. The largest absolute Gasteiger partial charge is 0.392 e. The molecule has 0 aromatic rings. The fourth-order valence-electron chi connectivity index (χ4n) is 2.24. The number of azide groups is 1. The van der Waals surface area contributed by atoms with E-state index in [1.165, 1.54) is 0 Å². The Balaban J connectivity index is 3.03. The number of aliphatic hydroxyl groups is 1. The van der Waals surface area contributed by atoms with E-state index in [1.54, 1.807) is 0 Å². The highest BCUT2D eigenvalue weighted by atomic mass is 28.4. The molecule has 6 nitrogen and oxygen atoms in total. The van der Waals surface area contributed by atoms with E-state index in [-0.39, 0.29) is 17.1 Å². The van der Waals surface area contributed by atoms with E-state index in [0.717, 1.165) is 0 Å². The number of rotatable bonds is 4. The predicted molar refractivity (Wildman–Crippen MR) is 85.3 cm³/mol. The van der Waals surface area contributed by atoms with Crippen LogP contribution < -0.4 is 0 Å². The molecule has 2 unspecified atom stereocenters. The molecule has 1 rings (SSSR count). The summed E-state index contributed by atoms with van der Waals surface area (Å²) >= 11 is 0. The minimum Gasteiger partial charge on any atom is -0.392 e. The average Bonchev–Trinajstić information content (AvgIpc) is 2.36. The molecule has 21 heavy (non-hydrogen) atoms. The van der Waals surface area contributed by atoms with Crippen molar-refractivity contribution in [1.82, 2.24) is 0 Å². The zero-order valence-electron chi connectivity index (χ0n) is 14.2. The number of hydrogen-bond donors (Lipinski definition) is 1. The van der Waals surface area contributed by atoms with Gasteiger partial charge in [0.05, 0.1) is 18.2 Å². The Morgan fingerprint density at radius 1 is 1.38 bits per heavy atom. The zero-order chi connectivity index (χ0) is 16.4. The second-order valence-corrected chi connectivity index (χ2v) is 12.1. The van der Waals surface area contributed by atoms with Crippen molar-refractivity contribution in [1.29, 1.82) is 0 Å². The molecule has 0 aliphatic carbocycles. The van der Waals surface area contributed by atoms with Crippen molar-refractivity contribution in [2.24, 2.45) is 11.0 Å². The van der Waals surface area contributed by atoms with Crippen LogP contribution in [0.3, 0.4) is 0 Å². The fraction of sp³-hybridized carbons (Fsp3) is 1.00. The Bertz CT molecular complexity index is 405. The van der Waals surface area contributed by atoms with Crippen LogP contribution in [-0.4, -0.2) is 38.0 Å². The first-order valence-corrected chi connectivity index (χ1v) is 10.5. The van der Waals surface area contributed by atoms with Gasteiger partial charge in [0.2, 0.25) is 0 Å². The minimum absolute atomic E-state index is 0.0400. The van der Waals surface area contributed by atoms with Gasteiger partial charge in [-0.05, 0) is 36.0 Å². The van der Waals surface area contributed by atoms with Crippen LogP contribution in [0.15, 0.2) is 5.11 Å². The Morgan fingerprint density at radius 2 is 1.95 bits per heavy atom. The van der Waals surface area contributed by atoms with Gasteiger partial charge in [0.1, 0.15) is 0 Å². The standard InChI is InChI=1S/C14H29N3O3Si/c1-8-10-12(18)9(2)11(16-17-15)13(19-10)20-21(6,7)14(3,4)5/h9-13,18H,8H2,1-7H3/t9-,10?,11?,12+,13+/m1/s1. The van der Waals surface area contributed by atoms with Gasteiger partial charge in [-0.1, -0.05) is 39.7 Å². The quantitative estimate of drug-likeness (QED) is 0.370. The first-order chi connectivity index (χ1) is 9.55. The maximum absolute atomic E-state index is 10.3. The van der Waals surface area contributed by atoms with E-state index in [9.17, 15) is 5.11 Å². The minimum atomic E-state index is -2.05. The molecule has 0 radical (unpaired) electrons. The molecule has 7 heteroatoms. The lowest BCUT2D eigenvalue weighted by molar-refractivity contribution is -0.218. The molecule has 122 valence electrons. The van der Waals surface area contributed by atoms with Crippen LogP contribution in [0.5, 0.6) is 0 Å². The van der Waals surface area contributed by atoms with Crippen molar-refractivity contribution >= 4 is 8.32 Å². The molecule has 0 saturated carbocycles. The highest BCUT2D eigenvalue weighted by Crippen LogP contribution is 2.40. The Morgan fingerprint density at radius 3 is 2.38 bits per heavy atom. The van der Waals surface area contributed by atoms with E-state index in [0.29, 0.717) is 6.42 Å². The maximum atomic E-state index is 10.3. The topological polar surface area (TPSA) is 87.5 Å². The summed E-state index contributed by atoms with van der Waals surface area (Å²) in [6, 6.07) is -0.498. The highest BCUT2D eigenvalue weighted by Gasteiger charge is 2.47. The number of aliphatic hydroxyl groups excluding tert-OH is 1. The lowest BCUT2D eigenvalue weighted by Crippen LogP contribution is -2.57. The van der Waals surface area contributed by atoms with Gasteiger partial charge < -0.3 is 14.3 Å². The second kappa shape index (κ2) is 6.67. The summed E-state index contributed by atoms with van der Waals surface area (Å²) in [5.74, 6) is -0.186. The van der Waals surface area contributed by atoms with Crippen LogP contribution in [-0.2, 0) is 9.16 Å². The summed E-state index contributed by atoms with van der Waals surface area (Å²) in [4.78, 5) is 2.91. The molecule has 1 fully saturated rings. The predicted octanol–water partition coefficient (Wildman–Crippen LogP) is 3.82. The van der Waals surface area contributed by atoms with E-state index in [4.69, 9.17) is 14.7 Å². The summed E-state index contributed by atoms with van der Waals surface area (Å²) in [6.07, 6.45) is -0.791. The summed E-state index contributed by atoms with van der Waals surface area (Å²) in [5.41, 5.74) is 8.80. The second-order valence-electron chi connectivity index (χ2n) is 7.37. The molecule has 1 saturated heterocycles. The fourth-order valence-corrected chi connectivity index (χ4v) is 3.37. The molecule has 0 aromatic heterocycles. The van der Waals surface area contributed by atoms with E-state index in [1.807, 2.05) is 13.8 Å². The van der Waals surface area contributed by atoms with Crippen molar-refractivity contribution in [3.05, 3.63) is 10.4 Å². The van der Waals surface area contributed by atoms with E-state index >= 15 is 0 Å². The summed E-state index contributed by atoms with van der Waals surface area (Å²) in [5, 5.41) is 14.1. The summed E-state index contributed by atoms with van der Waals surface area (Å²) in [6.45, 7) is 14.6. The number of nitrogens with zero attached hydrogens (tertiary/aromatic N) is 3. The number of ether oxygens (including phenoxy) is 1. The molecule has 0 spiro atoms. The lowest BCUT2D eigenvalue weighted by Gasteiger charge is -2.46. The van der Waals surface area contributed by atoms with E-state index in [2.05, 4.69) is 43.9 Å². The van der Waals surface area contributed by atoms with Crippen LogP contribution >= 0.6 is 0 Å². The molecular formula is C14H29N3O3Si. The van der Waals surface area contributed by atoms with Crippen LogP contribution in [0, 0.1) is 5.92 Å². The maximum Gasteiger partial charge on any atom is 0.195 e. The molecule has 1 aliphatic rings. The third-order valence-corrected chi connectivity index (χ3v) is 9.28. The first-order valence-electron chi connectivity index (χ1n) is 7.60. The van der Waals surface area contributed by atoms with Crippen molar-refractivity contribution in [3.63, 3.8) is 0 Å². The van der Waals surface area contributed by atoms with Gasteiger partial charge in [-0.15, -0.1) is 0 Å². The van der Waals surface area contributed by atoms with Crippen LogP contribution in [0.25, 0.3) is 10.4 Å². The highest BCUT2D eigenvalue weighted by molar-refractivity contribution is 6.74. The Labute approximate surface area is 128 Å². The molecule has 0 aromatic carbocycles. The SMILES string of the molecule is CCC1O[C@@H](O[Si](C)(C)C(C)(C)C)C(N=[N+]=[N-])[C@@H](C)[C@@H]1O. The van der Waals surface area contributed by atoms with Crippen molar-refractivity contribution in [3.8, 4) is 0 Å². The van der Waals surface area contributed by atoms with Crippen LogP contribution in [0.1, 0.15) is 41.0 Å². The van der Waals surface area contributed by atoms with Gasteiger partial charge in [0.15, 0.2) is 14.6 Å². The average molecular weight is 315 g/mol. The lowest BCUT2D eigenvalue weighted by atomic mass is 9.88. The Kier molecular flexibility index (Phi) is 5.86. The van der Waals surface area contributed by atoms with Crippen LogP contribution in [0.4, 0.5) is 0 Å². The van der Waals surface area contributed by atoms with Gasteiger partial charge >= 0.3 is 0 Å². The van der Waals surface area contributed by atoms with Crippen molar-refractivity contribution in [2.45, 2.75) is 83.7 Å². The summed E-state index contributed by atoms with van der Waals surface area (Å²) < 4.78 is 12.2. The van der Waals surface area contributed by atoms with Gasteiger partial charge in [-0.2, -0.15) is 0 Å². The summed E-state index contributed by atoms with van der Waals surface area (Å²) in [7, 11) is -2.05. The normalized spacial score (nSPS) is 34.4. The molecule has 0 amide bonds. The third-order valence-electron chi connectivity index (χ3n) is 4.85. The molecule has 1 heterocycles. The molecule has 1 aliphatic heterocycles. The molecule has 0 bridgehead atoms. The van der Waals surface area contributed by atoms with Gasteiger partial charge in [0.25, 0.3) is 0 Å². The van der Waals surface area contributed by atoms with Crippen molar-refractivity contribution < 1.29 is 14.3 Å². The van der Waals surface area contributed by atoms with E-state index < -0.39 is 26.8 Å². The Hall–Kier alpha value is -0.593. The van der Waals surface area contributed by atoms with Gasteiger partial charge in [0, 0.05) is 4.91 Å². The zero-order valence-corrected chi connectivity index (χ0v) is 15.2.